The molecule has 1 amide bonds. The Labute approximate surface area is 149 Å². The Kier molecular flexibility index (Phi) is 5.65. The minimum absolute atomic E-state index is 0.0252. The number of benzene rings is 2. The number of rotatable bonds is 5. The number of nitrogens with zero attached hydrogens (tertiary/aromatic N) is 2. The van der Waals surface area contributed by atoms with Gasteiger partial charge in [-0.1, -0.05) is 6.07 Å². The zero-order valence-electron chi connectivity index (χ0n) is 14.1. The largest absolute Gasteiger partial charge is 0.449 e. The number of nitro groups is 1. The van der Waals surface area contributed by atoms with Crippen LogP contribution in [0.3, 0.4) is 0 Å². The molecule has 0 saturated carbocycles. The topological polar surface area (TPSA) is 122 Å². The zero-order valence-corrected chi connectivity index (χ0v) is 14.1. The van der Waals surface area contributed by atoms with Crippen LogP contribution in [0.2, 0.25) is 0 Å². The van der Waals surface area contributed by atoms with Crippen molar-refractivity contribution >= 4 is 23.3 Å². The lowest BCUT2D eigenvalue weighted by molar-refractivity contribution is -0.385. The minimum Gasteiger partial charge on any atom is -0.449 e. The highest BCUT2D eigenvalue weighted by Gasteiger charge is 2.23. The van der Waals surface area contributed by atoms with Crippen molar-refractivity contribution < 1.29 is 19.2 Å². The molecule has 0 fully saturated rings. The quantitative estimate of drug-likeness (QED) is 0.501. The van der Waals surface area contributed by atoms with E-state index in [0.29, 0.717) is 11.3 Å². The van der Waals surface area contributed by atoms with Gasteiger partial charge in [-0.25, -0.2) is 4.79 Å². The number of nitro benzene ring substituents is 1. The molecule has 2 rings (SSSR count). The normalized spacial score (nSPS) is 11.1. The van der Waals surface area contributed by atoms with Crippen LogP contribution in [0.25, 0.3) is 0 Å². The Balaban J connectivity index is 2.06. The first kappa shape index (κ1) is 18.6. The van der Waals surface area contributed by atoms with Gasteiger partial charge in [0, 0.05) is 17.3 Å². The summed E-state index contributed by atoms with van der Waals surface area (Å²) >= 11 is 0. The van der Waals surface area contributed by atoms with Crippen LogP contribution in [-0.4, -0.2) is 22.9 Å². The maximum Gasteiger partial charge on any atom is 0.339 e. The van der Waals surface area contributed by atoms with Crippen molar-refractivity contribution in [1.82, 2.24) is 0 Å². The van der Waals surface area contributed by atoms with Crippen molar-refractivity contribution in [1.29, 1.82) is 5.26 Å². The molecular formula is C18H15N3O5. The molecule has 0 aliphatic heterocycles. The summed E-state index contributed by atoms with van der Waals surface area (Å²) < 4.78 is 5.10. The van der Waals surface area contributed by atoms with E-state index in [1.54, 1.807) is 24.3 Å². The van der Waals surface area contributed by atoms with Gasteiger partial charge in [0.15, 0.2) is 6.10 Å². The van der Waals surface area contributed by atoms with Gasteiger partial charge >= 0.3 is 5.97 Å². The fraction of sp³-hybridized carbons (Fsp3) is 0.167. The summed E-state index contributed by atoms with van der Waals surface area (Å²) in [5.74, 6) is -1.39. The van der Waals surface area contributed by atoms with E-state index in [2.05, 4.69) is 5.32 Å². The third-order valence-electron chi connectivity index (χ3n) is 3.66. The second kappa shape index (κ2) is 7.90. The van der Waals surface area contributed by atoms with E-state index < -0.39 is 22.9 Å². The van der Waals surface area contributed by atoms with Gasteiger partial charge in [-0.05, 0) is 44.2 Å². The lowest BCUT2D eigenvalue weighted by atomic mass is 10.1. The van der Waals surface area contributed by atoms with Gasteiger partial charge in [0.25, 0.3) is 11.6 Å². The maximum absolute atomic E-state index is 12.2. The predicted octanol–water partition coefficient (Wildman–Crippen LogP) is 2.96. The van der Waals surface area contributed by atoms with E-state index in [0.717, 1.165) is 0 Å². The smallest absolute Gasteiger partial charge is 0.339 e. The average Bonchev–Trinajstić information content (AvgIpc) is 2.62. The number of anilines is 1. The van der Waals surface area contributed by atoms with Crippen LogP contribution in [0.15, 0.2) is 42.5 Å². The number of hydrogen-bond donors (Lipinski definition) is 1. The van der Waals surface area contributed by atoms with Crippen LogP contribution in [0, 0.1) is 28.4 Å². The van der Waals surface area contributed by atoms with Crippen molar-refractivity contribution in [3.8, 4) is 6.07 Å². The molecule has 0 aliphatic carbocycles. The SMILES string of the molecule is Cc1c(C(=O)O[C@H](C)C(=O)Nc2ccc(C#N)cc2)cccc1[N+](=O)[O-]. The number of amides is 1. The Hall–Kier alpha value is -3.73. The summed E-state index contributed by atoms with van der Waals surface area (Å²) in [6.45, 7) is 2.83. The van der Waals surface area contributed by atoms with Crippen LogP contribution < -0.4 is 5.32 Å². The highest BCUT2D eigenvalue weighted by atomic mass is 16.6. The Morgan fingerprint density at radius 3 is 2.46 bits per heavy atom. The lowest BCUT2D eigenvalue weighted by Gasteiger charge is -2.14. The molecule has 2 aromatic rings. The molecule has 0 radical (unpaired) electrons. The fourth-order valence-electron chi connectivity index (χ4n) is 2.19. The van der Waals surface area contributed by atoms with Gasteiger partial charge in [0.05, 0.1) is 22.1 Å². The van der Waals surface area contributed by atoms with Gasteiger partial charge < -0.3 is 10.1 Å². The Morgan fingerprint density at radius 2 is 1.88 bits per heavy atom. The summed E-state index contributed by atoms with van der Waals surface area (Å²) in [6.07, 6.45) is -1.11. The van der Waals surface area contributed by atoms with Crippen LogP contribution in [-0.2, 0) is 9.53 Å². The Morgan fingerprint density at radius 1 is 1.23 bits per heavy atom. The molecule has 2 aromatic carbocycles. The van der Waals surface area contributed by atoms with Crippen molar-refractivity contribution in [2.24, 2.45) is 0 Å². The monoisotopic (exact) mass is 353 g/mol. The number of carbonyl (C=O) groups is 2. The molecule has 1 atom stereocenters. The number of hydrogen-bond acceptors (Lipinski definition) is 6. The van der Waals surface area contributed by atoms with Gasteiger partial charge in [0.2, 0.25) is 0 Å². The van der Waals surface area contributed by atoms with E-state index >= 15 is 0 Å². The first-order chi connectivity index (χ1) is 12.3. The maximum atomic E-state index is 12.2. The predicted molar refractivity (Wildman–Crippen MR) is 92.5 cm³/mol. The van der Waals surface area contributed by atoms with Crippen molar-refractivity contribution in [3.63, 3.8) is 0 Å². The van der Waals surface area contributed by atoms with Crippen LogP contribution in [0.4, 0.5) is 11.4 Å². The van der Waals surface area contributed by atoms with Gasteiger partial charge in [0.1, 0.15) is 0 Å². The molecule has 0 aliphatic rings. The molecule has 1 N–H and O–H groups in total. The summed E-state index contributed by atoms with van der Waals surface area (Å²) in [7, 11) is 0. The summed E-state index contributed by atoms with van der Waals surface area (Å²) in [5, 5.41) is 22.3. The molecule has 0 saturated heterocycles. The summed E-state index contributed by atoms with van der Waals surface area (Å²) in [6, 6.07) is 12.2. The van der Waals surface area contributed by atoms with Gasteiger partial charge in [-0.2, -0.15) is 5.26 Å². The summed E-state index contributed by atoms with van der Waals surface area (Å²) in [4.78, 5) is 34.7. The van der Waals surface area contributed by atoms with Crippen molar-refractivity contribution in [2.75, 3.05) is 5.32 Å². The first-order valence-corrected chi connectivity index (χ1v) is 7.59. The van der Waals surface area contributed by atoms with Crippen LogP contribution in [0.5, 0.6) is 0 Å². The third-order valence-corrected chi connectivity index (χ3v) is 3.66. The first-order valence-electron chi connectivity index (χ1n) is 7.59. The van der Waals surface area contributed by atoms with E-state index in [1.807, 2.05) is 6.07 Å². The van der Waals surface area contributed by atoms with Crippen molar-refractivity contribution in [3.05, 3.63) is 69.3 Å². The zero-order chi connectivity index (χ0) is 19.3. The molecule has 8 heteroatoms. The molecule has 0 heterocycles. The summed E-state index contributed by atoms with van der Waals surface area (Å²) in [5.41, 5.74) is 0.889. The number of ether oxygens (including phenoxy) is 1. The second-order valence-electron chi connectivity index (χ2n) is 5.43. The molecule has 0 bridgehead atoms. The lowest BCUT2D eigenvalue weighted by Crippen LogP contribution is -2.30. The molecule has 0 spiro atoms. The van der Waals surface area contributed by atoms with E-state index in [9.17, 15) is 19.7 Å². The van der Waals surface area contributed by atoms with Crippen LogP contribution in [0.1, 0.15) is 28.4 Å². The van der Waals surface area contributed by atoms with E-state index in [4.69, 9.17) is 10.00 Å². The highest BCUT2D eigenvalue weighted by molar-refractivity contribution is 5.98. The molecule has 26 heavy (non-hydrogen) atoms. The van der Waals surface area contributed by atoms with Crippen LogP contribution >= 0.6 is 0 Å². The average molecular weight is 353 g/mol. The van der Waals surface area contributed by atoms with Gasteiger partial charge in [-0.3, -0.25) is 14.9 Å². The van der Waals surface area contributed by atoms with Gasteiger partial charge in [-0.15, -0.1) is 0 Å². The molecule has 0 unspecified atom stereocenters. The third kappa shape index (κ3) is 4.21. The number of carbonyl (C=O) groups excluding carboxylic acids is 2. The molecule has 8 nitrogen and oxygen atoms in total. The van der Waals surface area contributed by atoms with E-state index in [-0.39, 0.29) is 16.8 Å². The number of nitrogens with one attached hydrogen (secondary N) is 1. The Bertz CT molecular complexity index is 900. The standard InChI is InChI=1S/C18H15N3O5/c1-11-15(4-3-5-16(11)21(24)25)18(23)26-12(2)17(22)20-14-8-6-13(10-19)7-9-14/h3-9,12H,1-2H3,(H,20,22)/t12-/m1/s1. The van der Waals surface area contributed by atoms with Crippen molar-refractivity contribution in [2.45, 2.75) is 20.0 Å². The van der Waals surface area contributed by atoms with E-state index in [1.165, 1.54) is 32.0 Å². The second-order valence-corrected chi connectivity index (χ2v) is 5.43. The number of nitriles is 1. The molecule has 0 aromatic heterocycles. The highest BCUT2D eigenvalue weighted by Crippen LogP contribution is 2.22. The minimum atomic E-state index is -1.11. The fourth-order valence-corrected chi connectivity index (χ4v) is 2.19. The molecular weight excluding hydrogens is 338 g/mol. The molecule has 132 valence electrons. The number of esters is 1.